The third-order valence-corrected chi connectivity index (χ3v) is 6.40. The fourth-order valence-electron chi connectivity index (χ4n) is 4.59. The minimum Gasteiger partial charge on any atom is -0.476 e. The van der Waals surface area contributed by atoms with Gasteiger partial charge in [-0.1, -0.05) is 30.8 Å². The predicted octanol–water partition coefficient (Wildman–Crippen LogP) is 5.05. The zero-order valence-electron chi connectivity index (χ0n) is 19.4. The van der Waals surface area contributed by atoms with E-state index in [-0.39, 0.29) is 0 Å². The van der Waals surface area contributed by atoms with Gasteiger partial charge < -0.3 is 14.5 Å². The molecule has 5 nitrogen and oxygen atoms in total. The van der Waals surface area contributed by atoms with Crippen LogP contribution in [0.5, 0.6) is 5.88 Å². The predicted molar refractivity (Wildman–Crippen MR) is 127 cm³/mol. The van der Waals surface area contributed by atoms with Gasteiger partial charge in [-0.2, -0.15) is 0 Å². The van der Waals surface area contributed by atoms with E-state index in [1.165, 1.54) is 12.8 Å². The summed E-state index contributed by atoms with van der Waals surface area (Å²) in [7, 11) is 0. The number of nitrogens with zero attached hydrogens (tertiary/aromatic N) is 4. The third-order valence-electron chi connectivity index (χ3n) is 6.40. The first-order valence-electron chi connectivity index (χ1n) is 11.8. The molecule has 0 aliphatic carbocycles. The van der Waals surface area contributed by atoms with E-state index in [0.29, 0.717) is 24.9 Å². The van der Waals surface area contributed by atoms with Crippen LogP contribution in [0.2, 0.25) is 0 Å². The maximum absolute atomic E-state index is 13.8. The van der Waals surface area contributed by atoms with Crippen LogP contribution in [0, 0.1) is 5.92 Å². The number of hydrogen-bond acceptors (Lipinski definition) is 5. The number of piperidine rings is 1. The molecule has 0 radical (unpaired) electrons. The van der Waals surface area contributed by atoms with E-state index in [2.05, 4.69) is 50.6 Å². The summed E-state index contributed by atoms with van der Waals surface area (Å²) in [4.78, 5) is 13.6. The molecule has 2 aliphatic rings. The van der Waals surface area contributed by atoms with Crippen molar-refractivity contribution >= 4 is 5.70 Å². The number of aromatic nitrogens is 2. The number of ether oxygens (including phenoxy) is 1. The Morgan fingerprint density at radius 1 is 1.06 bits per heavy atom. The molecule has 1 aromatic carbocycles. The van der Waals surface area contributed by atoms with Gasteiger partial charge in [-0.25, -0.2) is 14.4 Å². The molecule has 0 amide bonds. The first-order chi connectivity index (χ1) is 15.4. The summed E-state index contributed by atoms with van der Waals surface area (Å²) in [5.74, 6) is 1.03. The van der Waals surface area contributed by atoms with E-state index in [1.54, 1.807) is 26.2 Å². The molecule has 2 saturated heterocycles. The second-order valence-electron chi connectivity index (χ2n) is 9.71. The van der Waals surface area contributed by atoms with Crippen molar-refractivity contribution < 1.29 is 9.13 Å². The summed E-state index contributed by atoms with van der Waals surface area (Å²) < 4.78 is 19.7. The van der Waals surface area contributed by atoms with Gasteiger partial charge in [0.1, 0.15) is 5.67 Å². The molecule has 2 fully saturated rings. The van der Waals surface area contributed by atoms with Crippen LogP contribution in [-0.4, -0.2) is 64.8 Å². The molecular weight excluding hydrogens is 403 g/mol. The lowest BCUT2D eigenvalue weighted by atomic mass is 9.97. The SMILES string of the molecule is C=C(c1ccc(-c2cnc(OCC3CCN(CC(C)(C)F)CC3)cn2)cc1)N1CCCC1. The number of benzene rings is 1. The van der Waals surface area contributed by atoms with E-state index in [4.69, 9.17) is 4.74 Å². The van der Waals surface area contributed by atoms with Crippen LogP contribution in [-0.2, 0) is 0 Å². The molecule has 3 heterocycles. The maximum atomic E-state index is 13.8. The first kappa shape index (κ1) is 22.7. The molecule has 0 atom stereocenters. The van der Waals surface area contributed by atoms with E-state index in [1.807, 2.05) is 0 Å². The molecule has 0 N–H and O–H groups in total. The molecule has 0 unspecified atom stereocenters. The molecule has 0 saturated carbocycles. The van der Waals surface area contributed by atoms with Crippen LogP contribution < -0.4 is 4.74 Å². The minimum atomic E-state index is -1.14. The zero-order valence-corrected chi connectivity index (χ0v) is 19.4. The highest BCUT2D eigenvalue weighted by Crippen LogP contribution is 2.26. The summed E-state index contributed by atoms with van der Waals surface area (Å²) in [6.45, 7) is 12.7. The number of likely N-dealkylation sites (tertiary alicyclic amines) is 2. The van der Waals surface area contributed by atoms with Crippen molar-refractivity contribution in [1.82, 2.24) is 19.8 Å². The Balaban J connectivity index is 1.26. The fraction of sp³-hybridized carbons (Fsp3) is 0.538. The molecule has 6 heteroatoms. The molecule has 2 aliphatic heterocycles. The van der Waals surface area contributed by atoms with Gasteiger partial charge in [-0.3, -0.25) is 0 Å². The van der Waals surface area contributed by atoms with E-state index < -0.39 is 5.67 Å². The van der Waals surface area contributed by atoms with Crippen molar-refractivity contribution in [2.24, 2.45) is 5.92 Å². The molecule has 172 valence electrons. The van der Waals surface area contributed by atoms with Crippen LogP contribution >= 0.6 is 0 Å². The second kappa shape index (κ2) is 9.99. The average Bonchev–Trinajstić information content (AvgIpc) is 3.33. The van der Waals surface area contributed by atoms with Crippen LogP contribution in [0.3, 0.4) is 0 Å². The van der Waals surface area contributed by atoms with Crippen LogP contribution in [0.25, 0.3) is 17.0 Å². The number of hydrogen-bond donors (Lipinski definition) is 0. The highest BCUT2D eigenvalue weighted by Gasteiger charge is 2.25. The highest BCUT2D eigenvalue weighted by atomic mass is 19.1. The Labute approximate surface area is 191 Å². The molecular formula is C26H35FN4O. The highest BCUT2D eigenvalue weighted by molar-refractivity contribution is 5.66. The van der Waals surface area contributed by atoms with Crippen LogP contribution in [0.15, 0.2) is 43.2 Å². The average molecular weight is 439 g/mol. The Morgan fingerprint density at radius 3 is 2.34 bits per heavy atom. The molecule has 32 heavy (non-hydrogen) atoms. The molecule has 2 aromatic rings. The van der Waals surface area contributed by atoms with E-state index >= 15 is 0 Å². The van der Waals surface area contributed by atoms with Gasteiger partial charge in [0.25, 0.3) is 0 Å². The first-order valence-corrected chi connectivity index (χ1v) is 11.8. The lowest BCUT2D eigenvalue weighted by Gasteiger charge is -2.34. The van der Waals surface area contributed by atoms with Crippen molar-refractivity contribution in [1.29, 1.82) is 0 Å². The van der Waals surface area contributed by atoms with Crippen LogP contribution in [0.1, 0.15) is 45.1 Å². The Kier molecular flexibility index (Phi) is 7.09. The Bertz CT molecular complexity index is 878. The summed E-state index contributed by atoms with van der Waals surface area (Å²) in [5.41, 5.74) is 2.99. The quantitative estimate of drug-likeness (QED) is 0.577. The second-order valence-corrected chi connectivity index (χ2v) is 9.71. The van der Waals surface area contributed by atoms with Crippen molar-refractivity contribution in [3.8, 4) is 17.1 Å². The third kappa shape index (κ3) is 6.06. The summed E-state index contributed by atoms with van der Waals surface area (Å²) in [5, 5.41) is 0. The van der Waals surface area contributed by atoms with E-state index in [0.717, 1.165) is 61.5 Å². The number of rotatable bonds is 8. The van der Waals surface area contributed by atoms with Crippen molar-refractivity contribution in [2.75, 3.05) is 39.3 Å². The molecule has 4 rings (SSSR count). The van der Waals surface area contributed by atoms with Gasteiger partial charge in [0.15, 0.2) is 0 Å². The molecule has 0 spiro atoms. The minimum absolute atomic E-state index is 0.478. The maximum Gasteiger partial charge on any atom is 0.232 e. The number of alkyl halides is 1. The summed E-state index contributed by atoms with van der Waals surface area (Å²) in [6.07, 6.45) is 8.02. The van der Waals surface area contributed by atoms with Gasteiger partial charge in [0.05, 0.1) is 24.7 Å². The normalized spacial score (nSPS) is 18.2. The van der Waals surface area contributed by atoms with Crippen molar-refractivity contribution in [3.05, 3.63) is 48.8 Å². The zero-order chi connectivity index (χ0) is 22.6. The summed E-state index contributed by atoms with van der Waals surface area (Å²) >= 11 is 0. The summed E-state index contributed by atoms with van der Waals surface area (Å²) in [6, 6.07) is 8.37. The largest absolute Gasteiger partial charge is 0.476 e. The van der Waals surface area contributed by atoms with Crippen LogP contribution in [0.4, 0.5) is 4.39 Å². The van der Waals surface area contributed by atoms with Gasteiger partial charge in [0.2, 0.25) is 5.88 Å². The fourth-order valence-corrected chi connectivity index (χ4v) is 4.59. The van der Waals surface area contributed by atoms with Gasteiger partial charge in [0, 0.05) is 30.9 Å². The van der Waals surface area contributed by atoms with Gasteiger partial charge >= 0.3 is 0 Å². The van der Waals surface area contributed by atoms with Gasteiger partial charge in [-0.05, 0) is 64.1 Å². The lowest BCUT2D eigenvalue weighted by molar-refractivity contribution is 0.0829. The van der Waals surface area contributed by atoms with Gasteiger partial charge in [-0.15, -0.1) is 0 Å². The van der Waals surface area contributed by atoms with Crippen molar-refractivity contribution in [3.63, 3.8) is 0 Å². The monoisotopic (exact) mass is 438 g/mol. The van der Waals surface area contributed by atoms with Crippen molar-refractivity contribution in [2.45, 2.75) is 45.2 Å². The molecule has 0 bridgehead atoms. The smallest absolute Gasteiger partial charge is 0.232 e. The van der Waals surface area contributed by atoms with E-state index in [9.17, 15) is 4.39 Å². The Hall–Kier alpha value is -2.47. The molecule has 1 aromatic heterocycles. The lowest BCUT2D eigenvalue weighted by Crippen LogP contribution is -2.41. The topological polar surface area (TPSA) is 41.5 Å². The Morgan fingerprint density at radius 2 is 1.75 bits per heavy atom. The number of halogens is 1. The standard InChI is InChI=1S/C26H35FN4O/c1-20(31-12-4-5-13-31)22-6-8-23(9-7-22)24-16-29-25(17-28-24)32-18-21-10-14-30(15-11-21)19-26(2,3)27/h6-9,16-17,21H,1,4-5,10-15,18-19H2,2-3H3.